The van der Waals surface area contributed by atoms with Crippen LogP contribution in [0.2, 0.25) is 0 Å². The van der Waals surface area contributed by atoms with Gasteiger partial charge in [-0.25, -0.2) is 0 Å². The second kappa shape index (κ2) is 18.5. The number of unbranched alkanes of at least 4 members (excludes halogenated alkanes) is 3. The Labute approximate surface area is 157 Å². The third-order valence-electron chi connectivity index (χ3n) is 2.88. The van der Waals surface area contributed by atoms with Gasteiger partial charge in [0.05, 0.1) is 12.7 Å². The Bertz CT molecular complexity index is 722. The lowest BCUT2D eigenvalue weighted by atomic mass is 10.1. The van der Waals surface area contributed by atoms with Gasteiger partial charge >= 0.3 is 0 Å². The molecule has 2 atom stereocenters. The molecule has 0 aromatic rings. The molecule has 0 aromatic heterocycles. The summed E-state index contributed by atoms with van der Waals surface area (Å²) in [7, 11) is 0. The number of terminal acetylenes is 1. The van der Waals surface area contributed by atoms with Gasteiger partial charge < -0.3 is 15.3 Å². The van der Waals surface area contributed by atoms with Gasteiger partial charge in [0.15, 0.2) is 0 Å². The standard InChI is InChI=1S/C23H24O3/c1-2-3-4-12-15-18-22(25)19-16-13-10-8-6-5-7-9-11-14-17-20-23(26)21-24/h1,3-4,16,19,22-26H,5,7,9,12,15,18,21H2/b4-3-,19-16+. The van der Waals surface area contributed by atoms with E-state index in [4.69, 9.17) is 16.6 Å². The van der Waals surface area contributed by atoms with Crippen molar-refractivity contribution in [1.29, 1.82) is 0 Å². The van der Waals surface area contributed by atoms with E-state index in [-0.39, 0.29) is 6.61 Å². The van der Waals surface area contributed by atoms with Crippen LogP contribution in [0.25, 0.3) is 0 Å². The van der Waals surface area contributed by atoms with Crippen molar-refractivity contribution in [3.05, 3.63) is 24.3 Å². The maximum atomic E-state index is 9.71. The minimum atomic E-state index is -1.03. The number of aliphatic hydroxyl groups is 3. The minimum absolute atomic E-state index is 0.385. The Kier molecular flexibility index (Phi) is 16.5. The van der Waals surface area contributed by atoms with Crippen molar-refractivity contribution >= 4 is 0 Å². The zero-order chi connectivity index (χ0) is 19.3. The molecule has 26 heavy (non-hydrogen) atoms. The maximum absolute atomic E-state index is 9.71. The molecular weight excluding hydrogens is 324 g/mol. The number of hydrogen-bond acceptors (Lipinski definition) is 3. The average molecular weight is 348 g/mol. The molecule has 0 aliphatic carbocycles. The molecule has 0 radical (unpaired) electrons. The van der Waals surface area contributed by atoms with Crippen LogP contribution in [0.1, 0.15) is 38.5 Å². The van der Waals surface area contributed by atoms with E-state index in [1.807, 2.05) is 6.08 Å². The SMILES string of the molecule is C#C/C=C\CCCC(O)/C=C/C#CC#CCCCC#CC#CC(O)CO. The summed E-state index contributed by atoms with van der Waals surface area (Å²) in [5.74, 6) is 23.9. The first-order chi connectivity index (χ1) is 12.7. The van der Waals surface area contributed by atoms with E-state index in [0.717, 1.165) is 19.3 Å². The Morgan fingerprint density at radius 1 is 0.923 bits per heavy atom. The van der Waals surface area contributed by atoms with Crippen molar-refractivity contribution in [3.63, 3.8) is 0 Å². The molecule has 0 saturated carbocycles. The molecule has 3 heteroatoms. The van der Waals surface area contributed by atoms with Gasteiger partial charge in [-0.3, -0.25) is 0 Å². The summed E-state index contributed by atoms with van der Waals surface area (Å²) in [4.78, 5) is 0. The van der Waals surface area contributed by atoms with E-state index < -0.39 is 12.2 Å². The number of aliphatic hydroxyl groups excluding tert-OH is 3. The molecule has 0 spiro atoms. The fourth-order valence-electron chi connectivity index (χ4n) is 1.57. The normalized spacial score (nSPS) is 11.6. The molecule has 0 bridgehead atoms. The van der Waals surface area contributed by atoms with Gasteiger partial charge in [-0.15, -0.1) is 6.42 Å². The first kappa shape index (κ1) is 23.2. The highest BCUT2D eigenvalue weighted by Gasteiger charge is 1.96. The van der Waals surface area contributed by atoms with Gasteiger partial charge in [0.1, 0.15) is 6.10 Å². The van der Waals surface area contributed by atoms with E-state index in [9.17, 15) is 5.11 Å². The van der Waals surface area contributed by atoms with E-state index in [1.165, 1.54) is 0 Å². The lowest BCUT2D eigenvalue weighted by Crippen LogP contribution is -2.07. The second-order valence-electron chi connectivity index (χ2n) is 5.12. The molecule has 134 valence electrons. The van der Waals surface area contributed by atoms with Crippen LogP contribution in [0.15, 0.2) is 24.3 Å². The number of allylic oxidation sites excluding steroid dienone is 3. The van der Waals surface area contributed by atoms with E-state index in [2.05, 4.69) is 53.3 Å². The molecule has 0 fully saturated rings. The lowest BCUT2D eigenvalue weighted by molar-refractivity contribution is 0.138. The summed E-state index contributed by atoms with van der Waals surface area (Å²) in [6, 6.07) is 0. The van der Waals surface area contributed by atoms with Crippen molar-refractivity contribution < 1.29 is 15.3 Å². The number of hydrogen-bond donors (Lipinski definition) is 3. The average Bonchev–Trinajstić information content (AvgIpc) is 2.65. The van der Waals surface area contributed by atoms with E-state index >= 15 is 0 Å². The lowest BCUT2D eigenvalue weighted by Gasteiger charge is -2.01. The fraction of sp³-hybridized carbons (Fsp3) is 0.391. The highest BCUT2D eigenvalue weighted by Crippen LogP contribution is 2.02. The molecule has 0 aromatic carbocycles. The monoisotopic (exact) mass is 348 g/mol. The topological polar surface area (TPSA) is 60.7 Å². The summed E-state index contributed by atoms with van der Waals surface area (Å²) in [5, 5.41) is 27.2. The highest BCUT2D eigenvalue weighted by molar-refractivity contribution is 5.31. The van der Waals surface area contributed by atoms with Crippen LogP contribution < -0.4 is 0 Å². The quantitative estimate of drug-likeness (QED) is 0.463. The van der Waals surface area contributed by atoms with Crippen LogP contribution in [0, 0.1) is 59.7 Å². The smallest absolute Gasteiger partial charge is 0.138 e. The molecule has 0 amide bonds. The van der Waals surface area contributed by atoms with Crippen molar-refractivity contribution in [1.82, 2.24) is 0 Å². The van der Waals surface area contributed by atoms with E-state index in [1.54, 1.807) is 18.2 Å². The van der Waals surface area contributed by atoms with Crippen molar-refractivity contribution in [2.45, 2.75) is 50.7 Å². The van der Waals surface area contributed by atoms with Crippen molar-refractivity contribution in [2.24, 2.45) is 0 Å². The summed E-state index contributed by atoms with van der Waals surface area (Å²) < 4.78 is 0. The van der Waals surface area contributed by atoms with E-state index in [0.29, 0.717) is 19.3 Å². The van der Waals surface area contributed by atoms with Gasteiger partial charge in [0.2, 0.25) is 0 Å². The fourth-order valence-corrected chi connectivity index (χ4v) is 1.57. The Morgan fingerprint density at radius 2 is 1.65 bits per heavy atom. The third kappa shape index (κ3) is 17.5. The summed E-state index contributed by atoms with van der Waals surface area (Å²) in [6.07, 6.45) is 15.0. The van der Waals surface area contributed by atoms with Crippen LogP contribution in [-0.2, 0) is 0 Å². The molecule has 0 aliphatic heterocycles. The predicted molar refractivity (Wildman–Crippen MR) is 105 cm³/mol. The summed E-state index contributed by atoms with van der Waals surface area (Å²) >= 11 is 0. The molecular formula is C23H24O3. The molecule has 3 N–H and O–H groups in total. The summed E-state index contributed by atoms with van der Waals surface area (Å²) in [5.41, 5.74) is 0. The second-order valence-corrected chi connectivity index (χ2v) is 5.12. The van der Waals surface area contributed by atoms with Crippen LogP contribution >= 0.6 is 0 Å². The van der Waals surface area contributed by atoms with Gasteiger partial charge in [0.25, 0.3) is 0 Å². The first-order valence-corrected chi connectivity index (χ1v) is 8.42. The molecule has 0 aliphatic rings. The van der Waals surface area contributed by atoms with Crippen molar-refractivity contribution in [2.75, 3.05) is 6.61 Å². The predicted octanol–water partition coefficient (Wildman–Crippen LogP) is 1.80. The van der Waals surface area contributed by atoms with Crippen molar-refractivity contribution in [3.8, 4) is 59.7 Å². The van der Waals surface area contributed by atoms with Gasteiger partial charge in [-0.1, -0.05) is 35.7 Å². The van der Waals surface area contributed by atoms with Gasteiger partial charge in [0, 0.05) is 12.8 Å². The maximum Gasteiger partial charge on any atom is 0.138 e. The molecule has 0 heterocycles. The molecule has 3 nitrogen and oxygen atoms in total. The van der Waals surface area contributed by atoms with Crippen LogP contribution in [0.3, 0.4) is 0 Å². The first-order valence-electron chi connectivity index (χ1n) is 8.42. The third-order valence-corrected chi connectivity index (χ3v) is 2.88. The molecule has 0 rings (SSSR count). The highest BCUT2D eigenvalue weighted by atomic mass is 16.3. The molecule has 2 unspecified atom stereocenters. The number of rotatable bonds is 8. The molecule has 0 saturated heterocycles. The zero-order valence-corrected chi connectivity index (χ0v) is 14.8. The van der Waals surface area contributed by atoms with Gasteiger partial charge in [-0.2, -0.15) is 0 Å². The van der Waals surface area contributed by atoms with Crippen LogP contribution in [0.5, 0.6) is 0 Å². The Hall–Kier alpha value is -2.84. The Morgan fingerprint density at radius 3 is 2.35 bits per heavy atom. The Balaban J connectivity index is 3.85. The minimum Gasteiger partial charge on any atom is -0.393 e. The largest absolute Gasteiger partial charge is 0.393 e. The van der Waals surface area contributed by atoms with Crippen LogP contribution in [-0.4, -0.2) is 34.1 Å². The van der Waals surface area contributed by atoms with Crippen LogP contribution in [0.4, 0.5) is 0 Å². The summed E-state index contributed by atoms with van der Waals surface area (Å²) in [6.45, 7) is -0.385. The zero-order valence-electron chi connectivity index (χ0n) is 14.8. The van der Waals surface area contributed by atoms with Gasteiger partial charge in [-0.05, 0) is 67.6 Å².